The predicted molar refractivity (Wildman–Crippen MR) is 148 cm³/mol. The summed E-state index contributed by atoms with van der Waals surface area (Å²) in [7, 11) is 0. The van der Waals surface area contributed by atoms with E-state index in [4.69, 9.17) is 14.7 Å². The molecule has 0 saturated heterocycles. The molecule has 1 fully saturated rings. The zero-order chi connectivity index (χ0) is 23.8. The van der Waals surface area contributed by atoms with Crippen LogP contribution >= 0.6 is 23.1 Å². The summed E-state index contributed by atoms with van der Waals surface area (Å²) in [6, 6.07) is 7.10. The van der Waals surface area contributed by atoms with Gasteiger partial charge in [-0.05, 0) is 54.9 Å². The van der Waals surface area contributed by atoms with E-state index in [0.717, 1.165) is 35.1 Å². The fourth-order valence-electron chi connectivity index (χ4n) is 5.53. The molecule has 1 saturated carbocycles. The summed E-state index contributed by atoms with van der Waals surface area (Å²) < 4.78 is 9.01. The highest BCUT2D eigenvalue weighted by molar-refractivity contribution is 7.98. The summed E-state index contributed by atoms with van der Waals surface area (Å²) >= 11 is 3.62. The van der Waals surface area contributed by atoms with Crippen LogP contribution in [0.1, 0.15) is 61.9 Å². The number of fused-ring (bicyclic) bond motifs is 2. The molecule has 3 unspecified atom stereocenters. The van der Waals surface area contributed by atoms with Gasteiger partial charge in [-0.25, -0.2) is 9.97 Å². The van der Waals surface area contributed by atoms with Crippen LogP contribution in [0.3, 0.4) is 0 Å². The lowest BCUT2D eigenvalue weighted by atomic mass is 9.84. The van der Waals surface area contributed by atoms with Crippen molar-refractivity contribution >= 4 is 44.5 Å². The second kappa shape index (κ2) is 9.86. The van der Waals surface area contributed by atoms with Crippen molar-refractivity contribution in [3.05, 3.63) is 71.2 Å². The lowest BCUT2D eigenvalue weighted by Gasteiger charge is -2.29. The number of thiazole rings is 1. The zero-order valence-electron chi connectivity index (χ0n) is 20.4. The van der Waals surface area contributed by atoms with Gasteiger partial charge in [-0.2, -0.15) is 11.8 Å². The molecule has 2 aromatic heterocycles. The van der Waals surface area contributed by atoms with Crippen molar-refractivity contribution in [2.45, 2.75) is 57.5 Å². The number of aromatic nitrogens is 3. The van der Waals surface area contributed by atoms with E-state index in [1.54, 1.807) is 11.3 Å². The summed E-state index contributed by atoms with van der Waals surface area (Å²) in [6.45, 7) is 3.08. The van der Waals surface area contributed by atoms with Crippen LogP contribution in [0.2, 0.25) is 0 Å². The van der Waals surface area contributed by atoms with Crippen molar-refractivity contribution in [2.24, 2.45) is 5.92 Å². The molecule has 0 amide bonds. The Labute approximate surface area is 215 Å². The van der Waals surface area contributed by atoms with E-state index in [0.29, 0.717) is 17.9 Å². The molecule has 7 heteroatoms. The van der Waals surface area contributed by atoms with Crippen molar-refractivity contribution in [3.8, 4) is 0 Å². The summed E-state index contributed by atoms with van der Waals surface area (Å²) in [5.41, 5.74) is 6.14. The SMILES string of the molecule is CCC1C=CC(CSC)=Cc2ncn(Cc3ccc4nc(NC5CCCCC5C5=CO5)sc4c3)c21. The zero-order valence-corrected chi connectivity index (χ0v) is 22.0. The van der Waals surface area contributed by atoms with Crippen molar-refractivity contribution in [1.82, 2.24) is 14.5 Å². The molecule has 3 heterocycles. The lowest BCUT2D eigenvalue weighted by Crippen LogP contribution is -2.31. The Bertz CT molecular complexity index is 1320. The molecule has 1 N–H and O–H groups in total. The highest BCUT2D eigenvalue weighted by Gasteiger charge is 2.34. The maximum Gasteiger partial charge on any atom is 0.184 e. The van der Waals surface area contributed by atoms with Crippen LogP contribution in [0.5, 0.6) is 0 Å². The number of anilines is 1. The number of nitrogens with one attached hydrogen (secondary N) is 1. The topological polar surface area (TPSA) is 55.3 Å². The largest absolute Gasteiger partial charge is 0.462 e. The molecule has 2 aliphatic carbocycles. The fraction of sp³-hybridized carbons (Fsp3) is 0.429. The molecule has 3 aromatic rings. The van der Waals surface area contributed by atoms with E-state index in [9.17, 15) is 0 Å². The van der Waals surface area contributed by atoms with Crippen LogP contribution < -0.4 is 5.32 Å². The van der Waals surface area contributed by atoms with E-state index in [-0.39, 0.29) is 0 Å². The minimum Gasteiger partial charge on any atom is -0.462 e. The molecular formula is C28H32N4OS2. The molecule has 5 nitrogen and oxygen atoms in total. The molecule has 182 valence electrons. The van der Waals surface area contributed by atoms with Crippen LogP contribution in [0.25, 0.3) is 16.3 Å². The Morgan fingerprint density at radius 3 is 2.97 bits per heavy atom. The number of benzene rings is 1. The van der Waals surface area contributed by atoms with E-state index >= 15 is 0 Å². The first-order chi connectivity index (χ1) is 17.2. The summed E-state index contributed by atoms with van der Waals surface area (Å²) in [6.07, 6.45) is 19.0. The molecule has 35 heavy (non-hydrogen) atoms. The average molecular weight is 505 g/mol. The Hall–Kier alpha value is -2.51. The third kappa shape index (κ3) is 4.81. The van der Waals surface area contributed by atoms with Crippen molar-refractivity contribution in [2.75, 3.05) is 17.3 Å². The van der Waals surface area contributed by atoms with Gasteiger partial charge >= 0.3 is 0 Å². The maximum atomic E-state index is 5.44. The predicted octanol–water partition coefficient (Wildman–Crippen LogP) is 7.19. The van der Waals surface area contributed by atoms with Crippen molar-refractivity contribution in [3.63, 3.8) is 0 Å². The van der Waals surface area contributed by atoms with Gasteiger partial charge in [-0.15, -0.1) is 0 Å². The van der Waals surface area contributed by atoms with Gasteiger partial charge in [0.2, 0.25) is 0 Å². The average Bonchev–Trinajstić information content (AvgIpc) is 3.57. The van der Waals surface area contributed by atoms with E-state index in [2.05, 4.69) is 59.5 Å². The van der Waals surface area contributed by atoms with Crippen LogP contribution in [0.4, 0.5) is 5.13 Å². The fourth-order valence-corrected chi connectivity index (χ4v) is 7.03. The molecule has 0 radical (unpaired) electrons. The molecule has 1 aliphatic heterocycles. The van der Waals surface area contributed by atoms with Gasteiger partial charge < -0.3 is 14.6 Å². The van der Waals surface area contributed by atoms with Gasteiger partial charge in [0.1, 0.15) is 12.0 Å². The van der Waals surface area contributed by atoms with Crippen molar-refractivity contribution in [1.29, 1.82) is 0 Å². The van der Waals surface area contributed by atoms with Gasteiger partial charge in [0, 0.05) is 30.2 Å². The Morgan fingerprint density at radius 2 is 2.14 bits per heavy atom. The van der Waals surface area contributed by atoms with Gasteiger partial charge in [0.15, 0.2) is 5.13 Å². The van der Waals surface area contributed by atoms with Gasteiger partial charge in [0.25, 0.3) is 0 Å². The minimum atomic E-state index is 0.389. The number of ether oxygens (including phenoxy) is 1. The first-order valence-electron chi connectivity index (χ1n) is 12.7. The molecular weight excluding hydrogens is 472 g/mol. The third-order valence-corrected chi connectivity index (χ3v) is 8.95. The van der Waals surface area contributed by atoms with Gasteiger partial charge in [0.05, 0.1) is 27.9 Å². The first kappa shape index (κ1) is 22.9. The molecule has 3 aliphatic rings. The molecule has 1 aromatic carbocycles. The quantitative estimate of drug-likeness (QED) is 0.352. The number of imidazole rings is 1. The normalized spacial score (nSPS) is 23.3. The highest BCUT2D eigenvalue weighted by atomic mass is 32.2. The number of allylic oxidation sites excluding steroid dienone is 2. The standard InChI is InChI=1S/C28H32N4OS2/c1-3-20-10-8-19(16-34-2)12-24-27(20)32(17-29-24)14-18-9-11-23-26(13-18)35-28(31-23)30-22-7-5-4-6-21(22)25-15-33-25/h8-13,15,17,20-22H,3-7,14,16H2,1-2H3,(H,30,31). The second-order valence-corrected chi connectivity index (χ2v) is 11.7. The maximum absolute atomic E-state index is 5.44. The Morgan fingerprint density at radius 1 is 1.26 bits per heavy atom. The van der Waals surface area contributed by atoms with Crippen LogP contribution in [-0.4, -0.2) is 32.6 Å². The van der Waals surface area contributed by atoms with E-state index in [1.807, 2.05) is 24.4 Å². The smallest absolute Gasteiger partial charge is 0.184 e. The minimum absolute atomic E-state index is 0.389. The van der Waals surface area contributed by atoms with Crippen LogP contribution in [0.15, 0.2) is 54.3 Å². The van der Waals surface area contributed by atoms with Gasteiger partial charge in [-0.3, -0.25) is 0 Å². The summed E-state index contributed by atoms with van der Waals surface area (Å²) in [5, 5.41) is 4.76. The number of hydrogen-bond donors (Lipinski definition) is 1. The Balaban J connectivity index is 1.23. The van der Waals surface area contributed by atoms with Crippen LogP contribution in [-0.2, 0) is 11.3 Å². The number of nitrogens with zero attached hydrogens (tertiary/aromatic N) is 3. The van der Waals surface area contributed by atoms with E-state index in [1.165, 1.54) is 53.0 Å². The number of thioether (sulfide) groups is 1. The van der Waals surface area contributed by atoms with Gasteiger partial charge in [-0.1, -0.05) is 49.3 Å². The Kier molecular flexibility index (Phi) is 6.46. The monoisotopic (exact) mass is 504 g/mol. The highest BCUT2D eigenvalue weighted by Crippen LogP contribution is 2.39. The first-order valence-corrected chi connectivity index (χ1v) is 14.9. The molecule has 0 bridgehead atoms. The van der Waals surface area contributed by atoms with Crippen molar-refractivity contribution < 1.29 is 4.74 Å². The van der Waals surface area contributed by atoms with Crippen LogP contribution in [0, 0.1) is 5.92 Å². The van der Waals surface area contributed by atoms with E-state index < -0.39 is 0 Å². The third-order valence-electron chi connectivity index (χ3n) is 7.37. The lowest BCUT2D eigenvalue weighted by molar-refractivity contribution is 0.316. The molecule has 3 atom stereocenters. The molecule has 6 rings (SSSR count). The number of rotatable bonds is 8. The summed E-state index contributed by atoms with van der Waals surface area (Å²) in [5.74, 6) is 3.07. The number of hydrogen-bond acceptors (Lipinski definition) is 6. The summed E-state index contributed by atoms with van der Waals surface area (Å²) in [4.78, 5) is 9.71. The second-order valence-electron chi connectivity index (χ2n) is 9.77. The molecule has 0 spiro atoms.